The number of rotatable bonds is 15. The Hall–Kier alpha value is -0.550. The molecule has 0 spiro atoms. The van der Waals surface area contributed by atoms with Gasteiger partial charge in [-0.3, -0.25) is 0 Å². The molecule has 1 aromatic heterocycles. The van der Waals surface area contributed by atoms with Crippen molar-refractivity contribution in [2.24, 2.45) is 0 Å². The predicted molar refractivity (Wildman–Crippen MR) is 153 cm³/mol. The number of unbranched alkanes of at least 4 members (excludes halogenated alkanes) is 8. The van der Waals surface area contributed by atoms with E-state index in [9.17, 15) is 5.11 Å². The topological polar surface area (TPSA) is 23.5 Å². The standard InChI is InChI=1S/C28H38Cl3NOS/c1-3-5-7-9-11-13-32(14-12-10-8-6-4-2)19-26(33)24-17-22-21(15-20(29)16-25(22)30)23-18-27(31)34-28(23)24/h15-18,26,33H,3-14,19H2,1-2H3. The van der Waals surface area contributed by atoms with E-state index in [1.807, 2.05) is 18.2 Å². The van der Waals surface area contributed by atoms with E-state index in [-0.39, 0.29) is 0 Å². The maximum Gasteiger partial charge on any atom is 0.0941 e. The minimum atomic E-state index is -0.598. The van der Waals surface area contributed by atoms with E-state index < -0.39 is 6.10 Å². The number of benzene rings is 2. The molecule has 2 aromatic carbocycles. The molecule has 1 unspecified atom stereocenters. The van der Waals surface area contributed by atoms with E-state index in [0.717, 1.165) is 39.5 Å². The van der Waals surface area contributed by atoms with Crippen molar-refractivity contribution in [3.8, 4) is 0 Å². The summed E-state index contributed by atoms with van der Waals surface area (Å²) >= 11 is 20.8. The summed E-state index contributed by atoms with van der Waals surface area (Å²) in [7, 11) is 0. The average molecular weight is 543 g/mol. The van der Waals surface area contributed by atoms with Crippen LogP contribution in [0.4, 0.5) is 0 Å². The molecule has 1 heterocycles. The molecule has 6 heteroatoms. The Balaban J connectivity index is 1.80. The molecule has 0 aliphatic carbocycles. The van der Waals surface area contributed by atoms with Crippen LogP contribution in [0.1, 0.15) is 89.7 Å². The van der Waals surface area contributed by atoms with Gasteiger partial charge in [-0.2, -0.15) is 0 Å². The van der Waals surface area contributed by atoms with Gasteiger partial charge in [0.15, 0.2) is 0 Å². The number of hydrogen-bond acceptors (Lipinski definition) is 3. The van der Waals surface area contributed by atoms with E-state index in [1.165, 1.54) is 75.5 Å². The highest BCUT2D eigenvalue weighted by Gasteiger charge is 2.20. The van der Waals surface area contributed by atoms with Crippen LogP contribution in [-0.2, 0) is 0 Å². The molecule has 0 amide bonds. The Morgan fingerprint density at radius 2 is 1.38 bits per heavy atom. The Bertz CT molecular complexity index is 1040. The lowest BCUT2D eigenvalue weighted by Gasteiger charge is -2.26. The van der Waals surface area contributed by atoms with Crippen LogP contribution in [0.25, 0.3) is 20.9 Å². The summed E-state index contributed by atoms with van der Waals surface area (Å²) in [6.07, 6.45) is 12.0. The normalized spacial score (nSPS) is 12.9. The predicted octanol–water partition coefficient (Wildman–Crippen LogP) is 10.3. The van der Waals surface area contributed by atoms with Crippen LogP contribution in [0.2, 0.25) is 14.4 Å². The van der Waals surface area contributed by atoms with Gasteiger partial charge in [-0.25, -0.2) is 0 Å². The summed E-state index contributed by atoms with van der Waals surface area (Å²) in [6, 6.07) is 7.70. The van der Waals surface area contributed by atoms with Gasteiger partial charge in [-0.05, 0) is 55.6 Å². The molecule has 0 aliphatic rings. The van der Waals surface area contributed by atoms with Crippen molar-refractivity contribution in [1.82, 2.24) is 4.90 Å². The summed E-state index contributed by atoms with van der Waals surface area (Å²) in [5.41, 5.74) is 0.908. The van der Waals surface area contributed by atoms with Crippen molar-refractivity contribution in [3.63, 3.8) is 0 Å². The van der Waals surface area contributed by atoms with E-state index in [1.54, 1.807) is 6.07 Å². The Morgan fingerprint density at radius 3 is 2.00 bits per heavy atom. The van der Waals surface area contributed by atoms with Gasteiger partial charge in [0.1, 0.15) is 0 Å². The van der Waals surface area contributed by atoms with Crippen molar-refractivity contribution >= 4 is 67.0 Å². The van der Waals surface area contributed by atoms with Crippen LogP contribution in [0.3, 0.4) is 0 Å². The molecule has 0 saturated heterocycles. The van der Waals surface area contributed by atoms with Gasteiger partial charge in [-0.15, -0.1) is 11.3 Å². The summed E-state index contributed by atoms with van der Waals surface area (Å²) in [4.78, 5) is 2.46. The molecule has 188 valence electrons. The third kappa shape index (κ3) is 7.72. The molecule has 2 nitrogen and oxygen atoms in total. The Labute approximate surface area is 224 Å². The van der Waals surface area contributed by atoms with Gasteiger partial charge in [0.05, 0.1) is 10.4 Å². The summed E-state index contributed by atoms with van der Waals surface area (Å²) < 4.78 is 1.73. The SMILES string of the molecule is CCCCCCCN(CCCCCCC)CC(O)c1cc2c(Cl)cc(Cl)cc2c2cc(Cl)sc12. The lowest BCUT2D eigenvalue weighted by molar-refractivity contribution is 0.111. The fourth-order valence-corrected chi connectivity index (χ4v) is 6.57. The largest absolute Gasteiger partial charge is 0.387 e. The van der Waals surface area contributed by atoms with Crippen LogP contribution in [-0.4, -0.2) is 29.6 Å². The van der Waals surface area contributed by atoms with Crippen molar-refractivity contribution in [2.45, 2.75) is 84.2 Å². The Kier molecular flexibility index (Phi) is 11.8. The van der Waals surface area contributed by atoms with Crippen molar-refractivity contribution in [2.75, 3.05) is 19.6 Å². The molecule has 34 heavy (non-hydrogen) atoms. The number of halogens is 3. The maximum atomic E-state index is 11.4. The number of thiophene rings is 1. The lowest BCUT2D eigenvalue weighted by Crippen LogP contribution is -2.31. The Morgan fingerprint density at radius 1 is 0.765 bits per heavy atom. The van der Waals surface area contributed by atoms with E-state index in [4.69, 9.17) is 34.8 Å². The number of hydrogen-bond donors (Lipinski definition) is 1. The van der Waals surface area contributed by atoms with Crippen LogP contribution in [0, 0.1) is 0 Å². The van der Waals surface area contributed by atoms with Gasteiger partial charge in [0.2, 0.25) is 0 Å². The molecular formula is C28H38Cl3NOS. The van der Waals surface area contributed by atoms with Crippen molar-refractivity contribution in [3.05, 3.63) is 44.2 Å². The van der Waals surface area contributed by atoms with Crippen molar-refractivity contribution in [1.29, 1.82) is 0 Å². The fourth-order valence-electron chi connectivity index (χ4n) is 4.71. The van der Waals surface area contributed by atoms with Gasteiger partial charge in [0, 0.05) is 37.6 Å². The van der Waals surface area contributed by atoms with Gasteiger partial charge >= 0.3 is 0 Å². The van der Waals surface area contributed by atoms with Crippen LogP contribution >= 0.6 is 46.1 Å². The molecule has 0 radical (unpaired) electrons. The quantitative estimate of drug-likeness (QED) is 0.193. The fraction of sp³-hybridized carbons (Fsp3) is 0.571. The van der Waals surface area contributed by atoms with Crippen molar-refractivity contribution < 1.29 is 5.11 Å². The van der Waals surface area contributed by atoms with Gasteiger partial charge in [-0.1, -0.05) is 100 Å². The highest BCUT2D eigenvalue weighted by molar-refractivity contribution is 7.23. The second kappa shape index (κ2) is 14.3. The zero-order chi connectivity index (χ0) is 24.5. The number of aliphatic hydroxyl groups excluding tert-OH is 1. The first-order chi connectivity index (χ1) is 16.4. The lowest BCUT2D eigenvalue weighted by atomic mass is 9.99. The summed E-state index contributed by atoms with van der Waals surface area (Å²) in [5, 5.41) is 15.5. The molecule has 0 saturated carbocycles. The third-order valence-electron chi connectivity index (χ3n) is 6.59. The first-order valence-corrected chi connectivity index (χ1v) is 14.8. The molecule has 1 atom stereocenters. The number of fused-ring (bicyclic) bond motifs is 3. The zero-order valence-electron chi connectivity index (χ0n) is 20.5. The zero-order valence-corrected chi connectivity index (χ0v) is 23.6. The van der Waals surface area contributed by atoms with Gasteiger partial charge < -0.3 is 10.0 Å². The first kappa shape index (κ1) is 28.0. The molecular weight excluding hydrogens is 505 g/mol. The number of aliphatic hydroxyl groups is 1. The molecule has 0 fully saturated rings. The summed E-state index contributed by atoms with van der Waals surface area (Å²) in [6.45, 7) is 7.20. The highest BCUT2D eigenvalue weighted by Crippen LogP contribution is 2.42. The molecule has 3 aromatic rings. The van der Waals surface area contributed by atoms with Gasteiger partial charge in [0.25, 0.3) is 0 Å². The van der Waals surface area contributed by atoms with E-state index >= 15 is 0 Å². The van der Waals surface area contributed by atoms with Crippen LogP contribution < -0.4 is 0 Å². The van der Waals surface area contributed by atoms with Crippen LogP contribution in [0.5, 0.6) is 0 Å². The number of nitrogens with zero attached hydrogens (tertiary/aromatic N) is 1. The highest BCUT2D eigenvalue weighted by atomic mass is 35.5. The summed E-state index contributed by atoms with van der Waals surface area (Å²) in [5.74, 6) is 0. The van der Waals surface area contributed by atoms with Crippen LogP contribution in [0.15, 0.2) is 24.3 Å². The van der Waals surface area contributed by atoms with E-state index in [0.29, 0.717) is 20.9 Å². The second-order valence-corrected chi connectivity index (χ2v) is 11.9. The monoisotopic (exact) mass is 541 g/mol. The first-order valence-electron chi connectivity index (χ1n) is 12.9. The minimum Gasteiger partial charge on any atom is -0.387 e. The maximum absolute atomic E-state index is 11.4. The van der Waals surface area contributed by atoms with E-state index in [2.05, 4.69) is 18.7 Å². The molecule has 0 bridgehead atoms. The second-order valence-electron chi connectivity index (χ2n) is 9.39. The molecule has 0 aliphatic heterocycles. The smallest absolute Gasteiger partial charge is 0.0941 e. The molecule has 3 rings (SSSR count). The minimum absolute atomic E-state index is 0.598. The average Bonchev–Trinajstić information content (AvgIpc) is 3.19. The molecule has 1 N–H and O–H groups in total. The third-order valence-corrected chi connectivity index (χ3v) is 8.44.